The summed E-state index contributed by atoms with van der Waals surface area (Å²) < 4.78 is 24.6. The van der Waals surface area contributed by atoms with Gasteiger partial charge in [0.1, 0.15) is 5.82 Å². The molecule has 0 aliphatic heterocycles. The average Bonchev–Trinajstić information content (AvgIpc) is 2.58. The maximum Gasteiger partial charge on any atom is 0.254 e. The Labute approximate surface area is 145 Å². The summed E-state index contributed by atoms with van der Waals surface area (Å²) in [7, 11) is 0. The fourth-order valence-electron chi connectivity index (χ4n) is 2.05. The van der Waals surface area contributed by atoms with Crippen LogP contribution in [0.4, 0.5) is 4.39 Å². The van der Waals surface area contributed by atoms with Crippen LogP contribution in [-0.4, -0.2) is 25.0 Å². The van der Waals surface area contributed by atoms with Crippen LogP contribution in [0.1, 0.15) is 24.2 Å². The highest BCUT2D eigenvalue weighted by molar-refractivity contribution is 7.99. The molecule has 4 nitrogen and oxygen atoms in total. The van der Waals surface area contributed by atoms with Gasteiger partial charge in [0, 0.05) is 4.90 Å². The summed E-state index contributed by atoms with van der Waals surface area (Å²) in [5, 5.41) is 2.69. The first-order valence-corrected chi connectivity index (χ1v) is 8.69. The van der Waals surface area contributed by atoms with Crippen LogP contribution in [-0.2, 0) is 0 Å². The van der Waals surface area contributed by atoms with Gasteiger partial charge in [-0.3, -0.25) is 4.79 Å². The number of benzene rings is 2. The lowest BCUT2D eigenvalue weighted by Gasteiger charge is -2.12. The third-order valence-electron chi connectivity index (χ3n) is 3.10. The molecule has 2 aromatic rings. The Morgan fingerprint density at radius 2 is 1.79 bits per heavy atom. The summed E-state index contributed by atoms with van der Waals surface area (Å²) in [5.41, 5.74) is 0.0415. The second kappa shape index (κ2) is 9.17. The van der Waals surface area contributed by atoms with Gasteiger partial charge >= 0.3 is 0 Å². The van der Waals surface area contributed by atoms with E-state index in [0.29, 0.717) is 30.6 Å². The summed E-state index contributed by atoms with van der Waals surface area (Å²) in [6, 6.07) is 11.5. The van der Waals surface area contributed by atoms with E-state index >= 15 is 0 Å². The van der Waals surface area contributed by atoms with Crippen LogP contribution in [0.2, 0.25) is 0 Å². The van der Waals surface area contributed by atoms with E-state index in [1.807, 2.05) is 32.0 Å². The van der Waals surface area contributed by atoms with Gasteiger partial charge in [-0.1, -0.05) is 12.1 Å². The lowest BCUT2D eigenvalue weighted by Crippen LogP contribution is -2.23. The van der Waals surface area contributed by atoms with E-state index in [2.05, 4.69) is 5.32 Å². The van der Waals surface area contributed by atoms with Crippen LogP contribution < -0.4 is 14.8 Å². The van der Waals surface area contributed by atoms with Crippen LogP contribution in [0.25, 0.3) is 0 Å². The number of hydrogen-bond acceptors (Lipinski definition) is 4. The Morgan fingerprint density at radius 3 is 2.50 bits per heavy atom. The predicted octanol–water partition coefficient (Wildman–Crippen LogP) is 4.10. The van der Waals surface area contributed by atoms with Gasteiger partial charge < -0.3 is 14.8 Å². The molecule has 128 valence electrons. The second-order valence-electron chi connectivity index (χ2n) is 4.75. The van der Waals surface area contributed by atoms with Crippen molar-refractivity contribution in [3.8, 4) is 11.5 Å². The van der Waals surface area contributed by atoms with Crippen molar-refractivity contribution >= 4 is 17.7 Å². The summed E-state index contributed by atoms with van der Waals surface area (Å²) >= 11 is 1.43. The molecular weight excluding hydrogens is 329 g/mol. The van der Waals surface area contributed by atoms with E-state index in [4.69, 9.17) is 9.47 Å². The van der Waals surface area contributed by atoms with Crippen LogP contribution in [0.5, 0.6) is 11.5 Å². The summed E-state index contributed by atoms with van der Waals surface area (Å²) in [5.74, 6) is 0.729. The topological polar surface area (TPSA) is 47.6 Å². The number of hydrogen-bond donors (Lipinski definition) is 1. The van der Waals surface area contributed by atoms with Gasteiger partial charge in [0.25, 0.3) is 5.91 Å². The zero-order chi connectivity index (χ0) is 17.4. The largest absolute Gasteiger partial charge is 0.490 e. The summed E-state index contributed by atoms with van der Waals surface area (Å²) in [4.78, 5) is 12.9. The maximum atomic E-state index is 13.5. The number of carbonyl (C=O) groups excluding carboxylic acids is 1. The number of rotatable bonds is 8. The molecule has 0 atom stereocenters. The highest BCUT2D eigenvalue weighted by Gasteiger charge is 2.11. The van der Waals surface area contributed by atoms with Gasteiger partial charge in [0.15, 0.2) is 11.5 Å². The molecule has 0 aliphatic rings. The van der Waals surface area contributed by atoms with Gasteiger partial charge in [-0.25, -0.2) is 4.39 Å². The van der Waals surface area contributed by atoms with Crippen LogP contribution >= 0.6 is 11.8 Å². The van der Waals surface area contributed by atoms with Gasteiger partial charge in [-0.05, 0) is 44.2 Å². The first-order valence-electron chi connectivity index (χ1n) is 7.70. The fourth-order valence-corrected chi connectivity index (χ4v) is 2.77. The minimum atomic E-state index is -0.528. The predicted molar refractivity (Wildman–Crippen MR) is 93.4 cm³/mol. The van der Waals surface area contributed by atoms with Crippen molar-refractivity contribution in [1.29, 1.82) is 0 Å². The number of halogens is 1. The first-order chi connectivity index (χ1) is 11.7. The number of nitrogens with one attached hydrogen (secondary N) is 1. The third-order valence-corrected chi connectivity index (χ3v) is 3.98. The molecule has 6 heteroatoms. The minimum absolute atomic E-state index is 0.0415. The van der Waals surface area contributed by atoms with Gasteiger partial charge in [0.05, 0.1) is 24.7 Å². The Hall–Kier alpha value is -2.21. The van der Waals surface area contributed by atoms with Crippen molar-refractivity contribution in [2.24, 2.45) is 0 Å². The van der Waals surface area contributed by atoms with Gasteiger partial charge in [-0.15, -0.1) is 11.8 Å². The number of amides is 1. The Morgan fingerprint density at radius 1 is 1.08 bits per heavy atom. The van der Waals surface area contributed by atoms with Crippen molar-refractivity contribution in [2.75, 3.05) is 19.1 Å². The number of carbonyl (C=O) groups is 1. The SMILES string of the molecule is CCOc1ccc(SCNC(=O)c2ccccc2F)cc1OCC. The molecule has 0 saturated carbocycles. The quantitative estimate of drug-likeness (QED) is 0.576. The molecule has 1 N–H and O–H groups in total. The van der Waals surface area contributed by atoms with Crippen LogP contribution in [0.15, 0.2) is 47.4 Å². The molecule has 24 heavy (non-hydrogen) atoms. The maximum absolute atomic E-state index is 13.5. The third kappa shape index (κ3) is 4.89. The fraction of sp³-hybridized carbons (Fsp3) is 0.278. The van der Waals surface area contributed by atoms with E-state index < -0.39 is 11.7 Å². The molecule has 0 fully saturated rings. The lowest BCUT2D eigenvalue weighted by molar-refractivity contribution is 0.0957. The molecule has 0 unspecified atom stereocenters. The molecule has 0 bridgehead atoms. The molecule has 1 amide bonds. The van der Waals surface area contributed by atoms with E-state index in [1.165, 1.54) is 23.9 Å². The summed E-state index contributed by atoms with van der Waals surface area (Å²) in [6.07, 6.45) is 0. The van der Waals surface area contributed by atoms with Crippen molar-refractivity contribution in [3.05, 3.63) is 53.8 Å². The smallest absolute Gasteiger partial charge is 0.254 e. The normalized spacial score (nSPS) is 10.3. The second-order valence-corrected chi connectivity index (χ2v) is 5.80. The van der Waals surface area contributed by atoms with E-state index in [9.17, 15) is 9.18 Å². The van der Waals surface area contributed by atoms with Gasteiger partial charge in [0.2, 0.25) is 0 Å². The average molecular weight is 349 g/mol. The number of ether oxygens (including phenoxy) is 2. The zero-order valence-corrected chi connectivity index (χ0v) is 14.5. The molecule has 0 aromatic heterocycles. The van der Waals surface area contributed by atoms with Crippen LogP contribution in [0, 0.1) is 5.82 Å². The molecule has 0 aliphatic carbocycles. The Balaban J connectivity index is 1.95. The molecule has 0 spiro atoms. The molecule has 2 rings (SSSR count). The van der Waals surface area contributed by atoms with Gasteiger partial charge in [-0.2, -0.15) is 0 Å². The lowest BCUT2D eigenvalue weighted by atomic mass is 10.2. The number of thioether (sulfide) groups is 1. The zero-order valence-electron chi connectivity index (χ0n) is 13.7. The van der Waals surface area contributed by atoms with Crippen molar-refractivity contribution in [3.63, 3.8) is 0 Å². The first kappa shape index (κ1) is 18.1. The Kier molecular flexibility index (Phi) is 6.93. The highest BCUT2D eigenvalue weighted by Crippen LogP contribution is 2.32. The van der Waals surface area contributed by atoms with E-state index in [-0.39, 0.29) is 5.56 Å². The Bertz CT molecular complexity index is 694. The minimum Gasteiger partial charge on any atom is -0.490 e. The molecule has 0 saturated heterocycles. The summed E-state index contributed by atoms with van der Waals surface area (Å²) in [6.45, 7) is 4.92. The van der Waals surface area contributed by atoms with Crippen molar-refractivity contribution in [2.45, 2.75) is 18.7 Å². The monoisotopic (exact) mass is 349 g/mol. The van der Waals surface area contributed by atoms with Crippen molar-refractivity contribution < 1.29 is 18.7 Å². The highest BCUT2D eigenvalue weighted by atomic mass is 32.2. The van der Waals surface area contributed by atoms with Crippen molar-refractivity contribution in [1.82, 2.24) is 5.32 Å². The molecule has 0 radical (unpaired) electrons. The molecule has 2 aromatic carbocycles. The van der Waals surface area contributed by atoms with E-state index in [1.54, 1.807) is 12.1 Å². The van der Waals surface area contributed by atoms with Crippen LogP contribution in [0.3, 0.4) is 0 Å². The van der Waals surface area contributed by atoms with E-state index in [0.717, 1.165) is 4.90 Å². The standard InChI is InChI=1S/C18H20FNO3S/c1-3-22-16-10-9-13(11-17(16)23-4-2)24-12-20-18(21)14-7-5-6-8-15(14)19/h5-11H,3-4,12H2,1-2H3,(H,20,21). The molecule has 0 heterocycles. The molecular formula is C18H20FNO3S.